The lowest BCUT2D eigenvalue weighted by Gasteiger charge is -2.05. The highest BCUT2D eigenvalue weighted by atomic mass is 16.4. The average molecular weight is 475 g/mol. The Labute approximate surface area is 202 Å². The van der Waals surface area contributed by atoms with Gasteiger partial charge in [-0.2, -0.15) is 0 Å². The normalized spacial score (nSPS) is 9.54. The van der Waals surface area contributed by atoms with Crippen LogP contribution in [-0.2, 0) is 0 Å². The Kier molecular flexibility index (Phi) is 9.74. The molecule has 0 radical (unpaired) electrons. The van der Waals surface area contributed by atoms with Crippen LogP contribution in [0.25, 0.3) is 0 Å². The van der Waals surface area contributed by atoms with E-state index in [1.165, 1.54) is 36.2 Å². The Morgan fingerprint density at radius 1 is 0.743 bits per heavy atom. The number of amides is 1. The minimum Gasteiger partial charge on any atom is -0.505 e. The van der Waals surface area contributed by atoms with Crippen molar-refractivity contribution in [3.8, 4) is 11.5 Å². The van der Waals surface area contributed by atoms with E-state index in [4.69, 9.17) is 15.9 Å². The maximum atomic E-state index is 11.8. The van der Waals surface area contributed by atoms with Crippen LogP contribution in [0.1, 0.15) is 32.1 Å². The summed E-state index contributed by atoms with van der Waals surface area (Å²) < 4.78 is 0. The summed E-state index contributed by atoms with van der Waals surface area (Å²) in [4.78, 5) is 29.2. The zero-order chi connectivity index (χ0) is 25.8. The first kappa shape index (κ1) is 26.3. The van der Waals surface area contributed by atoms with Crippen LogP contribution in [-0.4, -0.2) is 37.2 Å². The Bertz CT molecular complexity index is 1240. The SMILES string of the molecule is Cc1ccc(N)cc1.Cc1ccc(NC(=O)c2ncccc2O)cc1.O=C(O)c1ncccc1O. The van der Waals surface area contributed by atoms with Crippen molar-refractivity contribution in [3.05, 3.63) is 108 Å². The van der Waals surface area contributed by atoms with Crippen LogP contribution in [0.3, 0.4) is 0 Å². The van der Waals surface area contributed by atoms with Gasteiger partial charge in [0.2, 0.25) is 0 Å². The van der Waals surface area contributed by atoms with Gasteiger partial charge >= 0.3 is 5.97 Å². The maximum absolute atomic E-state index is 11.8. The van der Waals surface area contributed by atoms with Crippen molar-refractivity contribution >= 4 is 23.3 Å². The lowest BCUT2D eigenvalue weighted by molar-refractivity contribution is 0.0686. The molecule has 4 rings (SSSR count). The molecule has 2 heterocycles. The Balaban J connectivity index is 0.000000204. The molecule has 4 aromatic rings. The summed E-state index contributed by atoms with van der Waals surface area (Å²) in [6.45, 7) is 4.01. The molecule has 0 aliphatic rings. The summed E-state index contributed by atoms with van der Waals surface area (Å²) in [5.41, 5.74) is 9.00. The summed E-state index contributed by atoms with van der Waals surface area (Å²) in [7, 11) is 0. The number of aromatic nitrogens is 2. The monoisotopic (exact) mass is 474 g/mol. The van der Waals surface area contributed by atoms with Crippen molar-refractivity contribution < 1.29 is 24.9 Å². The standard InChI is InChI=1S/C13H12N2O2.C7H9N.C6H5NO3/c1-9-4-6-10(7-5-9)15-13(17)12-11(16)3-2-8-14-12;1-6-2-4-7(8)5-3-6;8-4-2-1-3-7-5(4)6(9)10/h2-8,16H,1H3,(H,15,17);2-5H,8H2,1H3;1-3,8H,(H,9,10). The number of carbonyl (C=O) groups excluding carboxylic acids is 1. The lowest BCUT2D eigenvalue weighted by atomic mass is 10.2. The number of hydrogen-bond donors (Lipinski definition) is 5. The zero-order valence-corrected chi connectivity index (χ0v) is 19.2. The average Bonchev–Trinajstić information content (AvgIpc) is 2.83. The van der Waals surface area contributed by atoms with Gasteiger partial charge in [0, 0.05) is 23.8 Å². The number of aryl methyl sites for hydroxylation is 2. The molecule has 2 aromatic carbocycles. The predicted octanol–water partition coefficient (Wildman–Crippen LogP) is 4.41. The molecule has 0 bridgehead atoms. The summed E-state index contributed by atoms with van der Waals surface area (Å²) in [5.74, 6) is -2.09. The number of pyridine rings is 2. The molecular formula is C26H26N4O5. The van der Waals surface area contributed by atoms with Crippen molar-refractivity contribution in [2.75, 3.05) is 11.1 Å². The molecule has 180 valence electrons. The first-order valence-electron chi connectivity index (χ1n) is 10.4. The highest BCUT2D eigenvalue weighted by Crippen LogP contribution is 2.16. The number of aromatic hydroxyl groups is 2. The first-order valence-corrected chi connectivity index (χ1v) is 10.4. The third-order valence-corrected chi connectivity index (χ3v) is 4.38. The van der Waals surface area contributed by atoms with E-state index in [1.807, 2.05) is 50.2 Å². The Morgan fingerprint density at radius 2 is 1.20 bits per heavy atom. The molecule has 0 saturated carbocycles. The molecule has 6 N–H and O–H groups in total. The second-order valence-corrected chi connectivity index (χ2v) is 7.28. The van der Waals surface area contributed by atoms with Crippen molar-refractivity contribution in [2.45, 2.75) is 13.8 Å². The predicted molar refractivity (Wildman–Crippen MR) is 133 cm³/mol. The molecular weight excluding hydrogens is 448 g/mol. The van der Waals surface area contributed by atoms with E-state index in [1.54, 1.807) is 18.2 Å². The number of carbonyl (C=O) groups is 2. The Hall–Kier alpha value is -4.92. The van der Waals surface area contributed by atoms with Gasteiger partial charge in [-0.15, -0.1) is 0 Å². The van der Waals surface area contributed by atoms with Crippen molar-refractivity contribution in [1.29, 1.82) is 0 Å². The Morgan fingerprint density at radius 3 is 1.60 bits per heavy atom. The second-order valence-electron chi connectivity index (χ2n) is 7.28. The molecule has 1 amide bonds. The van der Waals surface area contributed by atoms with Crippen LogP contribution < -0.4 is 11.1 Å². The molecule has 0 saturated heterocycles. The molecule has 35 heavy (non-hydrogen) atoms. The summed E-state index contributed by atoms with van der Waals surface area (Å²) in [5, 5.41) is 29.3. The largest absolute Gasteiger partial charge is 0.505 e. The first-order chi connectivity index (χ1) is 16.7. The molecule has 0 aliphatic heterocycles. The number of nitrogen functional groups attached to an aromatic ring is 1. The number of nitrogens with one attached hydrogen (secondary N) is 1. The number of aromatic carboxylic acids is 1. The van der Waals surface area contributed by atoms with Gasteiger partial charge in [-0.1, -0.05) is 35.4 Å². The van der Waals surface area contributed by atoms with Crippen LogP contribution in [0, 0.1) is 13.8 Å². The van der Waals surface area contributed by atoms with Gasteiger partial charge in [0.25, 0.3) is 5.91 Å². The molecule has 0 aliphatic carbocycles. The number of nitrogens with two attached hydrogens (primary N) is 1. The fraction of sp³-hybridized carbons (Fsp3) is 0.0769. The molecule has 2 aromatic heterocycles. The number of carboxylic acids is 1. The number of rotatable bonds is 3. The van der Waals surface area contributed by atoms with E-state index >= 15 is 0 Å². The topological polar surface area (TPSA) is 159 Å². The van der Waals surface area contributed by atoms with Crippen molar-refractivity contribution in [3.63, 3.8) is 0 Å². The van der Waals surface area contributed by atoms with Crippen LogP contribution in [0.15, 0.2) is 85.2 Å². The van der Waals surface area contributed by atoms with Gasteiger partial charge < -0.3 is 26.4 Å². The van der Waals surface area contributed by atoms with Gasteiger partial charge in [-0.05, 0) is 62.4 Å². The van der Waals surface area contributed by atoms with Crippen LogP contribution in [0.2, 0.25) is 0 Å². The van der Waals surface area contributed by atoms with E-state index < -0.39 is 11.9 Å². The van der Waals surface area contributed by atoms with Crippen molar-refractivity contribution in [1.82, 2.24) is 9.97 Å². The molecule has 9 nitrogen and oxygen atoms in total. The number of benzene rings is 2. The number of anilines is 2. The fourth-order valence-electron chi connectivity index (χ4n) is 2.53. The summed E-state index contributed by atoms with van der Waals surface area (Å²) >= 11 is 0. The van der Waals surface area contributed by atoms with Gasteiger partial charge in [-0.3, -0.25) is 4.79 Å². The van der Waals surface area contributed by atoms with E-state index in [2.05, 4.69) is 15.3 Å². The summed E-state index contributed by atoms with van der Waals surface area (Å²) in [6, 6.07) is 20.9. The highest BCUT2D eigenvalue weighted by molar-refractivity contribution is 6.04. The molecule has 0 atom stereocenters. The van der Waals surface area contributed by atoms with E-state index in [9.17, 15) is 14.7 Å². The third-order valence-electron chi connectivity index (χ3n) is 4.38. The maximum Gasteiger partial charge on any atom is 0.358 e. The number of carboxylic acid groups (broad SMARTS) is 1. The number of hydrogen-bond acceptors (Lipinski definition) is 7. The van der Waals surface area contributed by atoms with Gasteiger partial charge in [-0.25, -0.2) is 14.8 Å². The van der Waals surface area contributed by atoms with Gasteiger partial charge in [0.1, 0.15) is 11.5 Å². The lowest BCUT2D eigenvalue weighted by Crippen LogP contribution is -2.13. The van der Waals surface area contributed by atoms with Gasteiger partial charge in [0.05, 0.1) is 0 Å². The highest BCUT2D eigenvalue weighted by Gasteiger charge is 2.12. The zero-order valence-electron chi connectivity index (χ0n) is 19.2. The van der Waals surface area contributed by atoms with E-state index in [0.717, 1.165) is 11.3 Å². The molecule has 9 heteroatoms. The van der Waals surface area contributed by atoms with E-state index in [-0.39, 0.29) is 22.9 Å². The molecule has 0 fully saturated rings. The quantitative estimate of drug-likeness (QED) is 0.273. The smallest absolute Gasteiger partial charge is 0.358 e. The molecule has 0 unspecified atom stereocenters. The van der Waals surface area contributed by atoms with Gasteiger partial charge in [0.15, 0.2) is 11.4 Å². The number of nitrogens with zero attached hydrogens (tertiary/aromatic N) is 2. The van der Waals surface area contributed by atoms with Crippen LogP contribution in [0.4, 0.5) is 11.4 Å². The van der Waals surface area contributed by atoms with Crippen LogP contribution in [0.5, 0.6) is 11.5 Å². The molecule has 0 spiro atoms. The third kappa shape index (κ3) is 8.85. The van der Waals surface area contributed by atoms with E-state index in [0.29, 0.717) is 5.69 Å². The second kappa shape index (κ2) is 12.9. The van der Waals surface area contributed by atoms with Crippen molar-refractivity contribution in [2.24, 2.45) is 0 Å². The fourth-order valence-corrected chi connectivity index (χ4v) is 2.53. The summed E-state index contributed by atoms with van der Waals surface area (Å²) in [6.07, 6.45) is 2.77. The van der Waals surface area contributed by atoms with Crippen LogP contribution >= 0.6 is 0 Å². The minimum absolute atomic E-state index is 0.0214. The minimum atomic E-state index is -1.22.